The standard InChI is InChI=1S/C52H50N4O8/c1-5-51-20-18-38(63-51)42-44(51)48(59)55(46(42)57)36-14-6-30(7-15-36)22-31-8-16-37(17-9-31)56-47(58)43-39-19-21-52(64-39,45(43)49(56)60)27-54-26-33-11-13-35(24-41(33)62-29-54)50(2,3)34-12-10-32-25-53(4)28-61-40(32)23-34/h6-21,23-24,38-39,42-45H,5,22,25-29H2,1-4H3. The third-order valence-electron chi connectivity index (χ3n) is 15.4. The number of hydrogen-bond acceptors (Lipinski definition) is 10. The number of fused-ring (bicyclic) bond motifs is 12. The van der Waals surface area contributed by atoms with Crippen molar-refractivity contribution in [2.75, 3.05) is 36.9 Å². The second kappa shape index (κ2) is 14.0. The van der Waals surface area contributed by atoms with E-state index in [2.05, 4.69) is 67.1 Å². The minimum absolute atomic E-state index is 0.199. The second-order valence-electron chi connectivity index (χ2n) is 19.5. The van der Waals surface area contributed by atoms with Crippen LogP contribution in [0.15, 0.2) is 109 Å². The first kappa shape index (κ1) is 39.7. The highest BCUT2D eigenvalue weighted by molar-refractivity contribution is 6.24. The number of benzene rings is 4. The Labute approximate surface area is 372 Å². The van der Waals surface area contributed by atoms with E-state index >= 15 is 0 Å². The van der Waals surface area contributed by atoms with E-state index < -0.39 is 41.0 Å². The molecule has 0 spiro atoms. The lowest BCUT2D eigenvalue weighted by Gasteiger charge is -2.37. The van der Waals surface area contributed by atoms with Gasteiger partial charge in [-0.05, 0) is 78.5 Å². The summed E-state index contributed by atoms with van der Waals surface area (Å²) in [6, 6.07) is 28.1. The molecule has 4 fully saturated rings. The summed E-state index contributed by atoms with van der Waals surface area (Å²) in [6.07, 6.45) is 8.22. The monoisotopic (exact) mass is 858 g/mol. The van der Waals surface area contributed by atoms with Crippen LogP contribution in [0.3, 0.4) is 0 Å². The molecule has 8 heterocycles. The fraction of sp³-hybridized carbons (Fsp3) is 0.385. The van der Waals surface area contributed by atoms with Crippen LogP contribution in [0.2, 0.25) is 0 Å². The van der Waals surface area contributed by atoms with E-state index in [4.69, 9.17) is 18.9 Å². The molecule has 8 unspecified atom stereocenters. The average molecular weight is 859 g/mol. The molecule has 4 aromatic carbocycles. The highest BCUT2D eigenvalue weighted by Gasteiger charge is 2.69. The van der Waals surface area contributed by atoms with E-state index in [-0.39, 0.29) is 35.1 Å². The Balaban J connectivity index is 0.706. The van der Waals surface area contributed by atoms with E-state index in [1.807, 2.05) is 79.8 Å². The Bertz CT molecular complexity index is 2730. The van der Waals surface area contributed by atoms with Gasteiger partial charge in [-0.25, -0.2) is 9.80 Å². The minimum Gasteiger partial charge on any atom is -0.478 e. The second-order valence-corrected chi connectivity index (χ2v) is 19.5. The van der Waals surface area contributed by atoms with Crippen LogP contribution in [0.25, 0.3) is 0 Å². The first-order valence-electron chi connectivity index (χ1n) is 22.5. The number of hydrogen-bond donors (Lipinski definition) is 0. The van der Waals surface area contributed by atoms with Gasteiger partial charge < -0.3 is 18.9 Å². The lowest BCUT2D eigenvalue weighted by molar-refractivity contribution is -0.129. The largest absolute Gasteiger partial charge is 0.478 e. The zero-order chi connectivity index (χ0) is 43.9. The van der Waals surface area contributed by atoms with Crippen LogP contribution in [0.1, 0.15) is 60.6 Å². The van der Waals surface area contributed by atoms with Gasteiger partial charge in [-0.1, -0.05) is 93.6 Å². The van der Waals surface area contributed by atoms with Crippen molar-refractivity contribution >= 4 is 35.0 Å². The molecule has 12 nitrogen and oxygen atoms in total. The average Bonchev–Trinajstić information content (AvgIpc) is 4.15. The van der Waals surface area contributed by atoms with Crippen LogP contribution in [-0.4, -0.2) is 83.9 Å². The Hall–Kier alpha value is -5.92. The molecule has 0 saturated carbocycles. The van der Waals surface area contributed by atoms with Gasteiger partial charge in [0.1, 0.15) is 30.6 Å². The fourth-order valence-electron chi connectivity index (χ4n) is 11.9. The van der Waals surface area contributed by atoms with Crippen LogP contribution in [0.4, 0.5) is 11.4 Å². The van der Waals surface area contributed by atoms with Gasteiger partial charge >= 0.3 is 0 Å². The van der Waals surface area contributed by atoms with E-state index in [9.17, 15) is 19.2 Å². The summed E-state index contributed by atoms with van der Waals surface area (Å²) in [6.45, 7) is 9.24. The Morgan fingerprint density at radius 2 is 1.12 bits per heavy atom. The number of amides is 4. The summed E-state index contributed by atoms with van der Waals surface area (Å²) in [4.78, 5) is 62.5. The Morgan fingerprint density at radius 1 is 0.625 bits per heavy atom. The molecule has 4 saturated heterocycles. The maximum atomic E-state index is 14.3. The molecule has 326 valence electrons. The molecule has 0 N–H and O–H groups in total. The molecule has 12 heteroatoms. The summed E-state index contributed by atoms with van der Waals surface area (Å²) in [7, 11) is 2.05. The zero-order valence-corrected chi connectivity index (χ0v) is 36.4. The number of rotatable bonds is 9. The predicted octanol–water partition coefficient (Wildman–Crippen LogP) is 6.27. The van der Waals surface area contributed by atoms with E-state index in [0.29, 0.717) is 50.8 Å². The van der Waals surface area contributed by atoms with Gasteiger partial charge in [-0.3, -0.25) is 29.0 Å². The topological polar surface area (TPSA) is 118 Å². The fourth-order valence-corrected chi connectivity index (χ4v) is 11.9. The highest BCUT2D eigenvalue weighted by atomic mass is 16.5. The molecule has 4 aromatic rings. The summed E-state index contributed by atoms with van der Waals surface area (Å²) < 4.78 is 25.1. The van der Waals surface area contributed by atoms with Crippen molar-refractivity contribution in [1.82, 2.24) is 9.80 Å². The molecule has 0 radical (unpaired) electrons. The molecule has 0 aliphatic carbocycles. The van der Waals surface area contributed by atoms with E-state index in [1.165, 1.54) is 20.9 Å². The quantitative estimate of drug-likeness (QED) is 0.141. The smallest absolute Gasteiger partial charge is 0.241 e. The van der Waals surface area contributed by atoms with Crippen molar-refractivity contribution in [2.24, 2.45) is 23.7 Å². The van der Waals surface area contributed by atoms with Gasteiger partial charge in [-0.2, -0.15) is 0 Å². The zero-order valence-electron chi connectivity index (χ0n) is 36.4. The summed E-state index contributed by atoms with van der Waals surface area (Å²) >= 11 is 0. The summed E-state index contributed by atoms with van der Waals surface area (Å²) in [5, 5.41) is 0. The van der Waals surface area contributed by atoms with Gasteiger partial charge in [-0.15, -0.1) is 0 Å². The number of ether oxygens (including phenoxy) is 4. The van der Waals surface area contributed by atoms with Crippen LogP contribution < -0.4 is 19.3 Å². The Kier molecular flexibility index (Phi) is 8.70. The first-order valence-corrected chi connectivity index (χ1v) is 22.5. The molecule has 4 amide bonds. The number of anilines is 2. The molecule has 0 aromatic heterocycles. The number of carbonyl (C=O) groups is 4. The molecule has 12 rings (SSSR count). The molecule has 8 aliphatic heterocycles. The highest BCUT2D eigenvalue weighted by Crippen LogP contribution is 2.55. The van der Waals surface area contributed by atoms with Crippen LogP contribution >= 0.6 is 0 Å². The first-order chi connectivity index (χ1) is 30.9. The van der Waals surface area contributed by atoms with Gasteiger partial charge in [0.25, 0.3) is 0 Å². The SMILES string of the molecule is CCC12C=CC(O1)C1C(=O)N(c3ccc(Cc4ccc(N5C(=O)C6C7C=CC(CN8COc9cc(C(C)(C)c%10ccc%11c(c%10)OCN(C)C%11)ccc9C8)(O7)C6C5=O)cc4)cc3)C(=O)C12. The minimum atomic E-state index is -0.945. The van der Waals surface area contributed by atoms with Gasteiger partial charge in [0.2, 0.25) is 23.6 Å². The van der Waals surface area contributed by atoms with Crippen LogP contribution in [0.5, 0.6) is 11.5 Å². The van der Waals surface area contributed by atoms with Crippen molar-refractivity contribution in [1.29, 1.82) is 0 Å². The number of nitrogens with zero attached hydrogens (tertiary/aromatic N) is 4. The molecular weight excluding hydrogens is 809 g/mol. The normalized spacial score (nSPS) is 31.1. The summed E-state index contributed by atoms with van der Waals surface area (Å²) in [5.41, 5.74) is 5.74. The van der Waals surface area contributed by atoms with Crippen molar-refractivity contribution in [2.45, 2.75) is 75.5 Å². The molecular formula is C52H50N4O8. The van der Waals surface area contributed by atoms with Crippen LogP contribution in [0, 0.1) is 23.7 Å². The van der Waals surface area contributed by atoms with E-state index in [0.717, 1.165) is 40.3 Å². The van der Waals surface area contributed by atoms with E-state index in [1.54, 1.807) is 0 Å². The third-order valence-corrected chi connectivity index (χ3v) is 15.4. The van der Waals surface area contributed by atoms with Crippen molar-refractivity contribution < 1.29 is 38.1 Å². The van der Waals surface area contributed by atoms with Crippen molar-refractivity contribution in [3.05, 3.63) is 143 Å². The maximum absolute atomic E-state index is 14.3. The maximum Gasteiger partial charge on any atom is 0.241 e. The molecule has 4 bridgehead atoms. The van der Waals surface area contributed by atoms with Gasteiger partial charge in [0.15, 0.2) is 0 Å². The predicted molar refractivity (Wildman–Crippen MR) is 236 cm³/mol. The Morgan fingerprint density at radius 3 is 1.69 bits per heavy atom. The number of imide groups is 2. The molecule has 8 aliphatic rings. The van der Waals surface area contributed by atoms with Crippen molar-refractivity contribution in [3.63, 3.8) is 0 Å². The molecule has 64 heavy (non-hydrogen) atoms. The lowest BCUT2D eigenvalue weighted by Crippen LogP contribution is -2.50. The van der Waals surface area contributed by atoms with Crippen molar-refractivity contribution in [3.8, 4) is 11.5 Å². The molecule has 8 atom stereocenters. The van der Waals surface area contributed by atoms with Gasteiger partial charge in [0.05, 0.1) is 52.9 Å². The lowest BCUT2D eigenvalue weighted by atomic mass is 9.76. The third kappa shape index (κ3) is 5.75. The number of carbonyl (C=O) groups excluding carboxylic acids is 4. The summed E-state index contributed by atoms with van der Waals surface area (Å²) in [5.74, 6) is -1.29. The van der Waals surface area contributed by atoms with Gasteiger partial charge in [0, 0.05) is 36.2 Å². The van der Waals surface area contributed by atoms with Crippen LogP contribution in [-0.2, 0) is 53.6 Å².